The van der Waals surface area contributed by atoms with Gasteiger partial charge in [-0.3, -0.25) is 9.59 Å². The van der Waals surface area contributed by atoms with E-state index in [2.05, 4.69) is 0 Å². The average Bonchev–Trinajstić information content (AvgIpc) is 2.46. The van der Waals surface area contributed by atoms with E-state index in [-0.39, 0.29) is 11.7 Å². The van der Waals surface area contributed by atoms with Crippen LogP contribution in [0.4, 0.5) is 0 Å². The molecule has 0 aromatic heterocycles. The zero-order valence-electron chi connectivity index (χ0n) is 7.99. The maximum atomic E-state index is 11.3. The lowest BCUT2D eigenvalue weighted by Gasteiger charge is -2.21. The molecule has 1 heterocycles. The first-order valence-electron chi connectivity index (χ1n) is 4.54. The molecule has 1 N–H and O–H groups in total. The summed E-state index contributed by atoms with van der Waals surface area (Å²) in [5, 5.41) is 9.32. The molecule has 0 bridgehead atoms. The number of carbonyl (C=O) groups is 2. The van der Waals surface area contributed by atoms with Gasteiger partial charge in [-0.1, -0.05) is 6.92 Å². The van der Waals surface area contributed by atoms with Crippen LogP contribution in [-0.2, 0) is 9.59 Å². The molecular weight excluding hydrogens is 170 g/mol. The van der Waals surface area contributed by atoms with Crippen molar-refractivity contribution in [1.29, 1.82) is 0 Å². The maximum absolute atomic E-state index is 11.3. The average molecular weight is 185 g/mol. The highest BCUT2D eigenvalue weighted by Gasteiger charge is 2.35. The Bertz CT molecular complexity index is 227. The van der Waals surface area contributed by atoms with Gasteiger partial charge in [-0.25, -0.2) is 0 Å². The fraction of sp³-hybridized carbons (Fsp3) is 0.778. The Labute approximate surface area is 77.5 Å². The zero-order chi connectivity index (χ0) is 10.0. The predicted octanol–water partition coefficient (Wildman–Crippen LogP) is -0.0528. The van der Waals surface area contributed by atoms with Crippen molar-refractivity contribution in [3.8, 4) is 0 Å². The Morgan fingerprint density at radius 3 is 2.62 bits per heavy atom. The second-order valence-electron chi connectivity index (χ2n) is 3.42. The molecule has 0 aromatic rings. The molecule has 0 spiro atoms. The number of β-amino-alcohol motifs (C(OH)–C–C–N with tert-alkyl or cyclic N) is 1. The molecule has 1 rings (SSSR count). The normalized spacial score (nSPS) is 27.8. The molecule has 2 atom stereocenters. The molecule has 1 saturated heterocycles. The first-order valence-corrected chi connectivity index (χ1v) is 4.54. The van der Waals surface area contributed by atoms with Crippen LogP contribution < -0.4 is 0 Å². The minimum atomic E-state index is -0.538. The first-order chi connectivity index (χ1) is 6.06. The summed E-state index contributed by atoms with van der Waals surface area (Å²) in [5.74, 6) is -0.102. The Hall–Kier alpha value is -0.900. The Balaban J connectivity index is 2.71. The van der Waals surface area contributed by atoms with Gasteiger partial charge in [0, 0.05) is 19.4 Å². The maximum Gasteiger partial charge on any atom is 0.222 e. The van der Waals surface area contributed by atoms with Crippen molar-refractivity contribution in [3.63, 3.8) is 0 Å². The number of amides is 1. The van der Waals surface area contributed by atoms with Crippen LogP contribution in [0.25, 0.3) is 0 Å². The third-order valence-corrected chi connectivity index (χ3v) is 2.37. The smallest absolute Gasteiger partial charge is 0.222 e. The van der Waals surface area contributed by atoms with Gasteiger partial charge in [0.1, 0.15) is 0 Å². The third-order valence-electron chi connectivity index (χ3n) is 2.37. The number of rotatable bonds is 2. The van der Waals surface area contributed by atoms with E-state index in [1.807, 2.05) is 0 Å². The Morgan fingerprint density at radius 2 is 2.15 bits per heavy atom. The van der Waals surface area contributed by atoms with Gasteiger partial charge in [-0.15, -0.1) is 0 Å². The van der Waals surface area contributed by atoms with Crippen molar-refractivity contribution in [2.24, 2.45) is 0 Å². The Morgan fingerprint density at radius 1 is 1.54 bits per heavy atom. The zero-order valence-corrected chi connectivity index (χ0v) is 7.99. The summed E-state index contributed by atoms with van der Waals surface area (Å²) in [5.41, 5.74) is 0. The quantitative estimate of drug-likeness (QED) is 0.656. The van der Waals surface area contributed by atoms with Gasteiger partial charge in [0.25, 0.3) is 0 Å². The van der Waals surface area contributed by atoms with Gasteiger partial charge in [0.15, 0.2) is 5.78 Å². The van der Waals surface area contributed by atoms with E-state index in [1.54, 1.807) is 6.92 Å². The van der Waals surface area contributed by atoms with Crippen LogP contribution in [0.2, 0.25) is 0 Å². The molecule has 13 heavy (non-hydrogen) atoms. The minimum absolute atomic E-state index is 0.0432. The molecule has 0 aromatic carbocycles. The number of carbonyl (C=O) groups excluding carboxylic acids is 2. The van der Waals surface area contributed by atoms with Crippen molar-refractivity contribution < 1.29 is 14.7 Å². The summed E-state index contributed by atoms with van der Waals surface area (Å²) in [4.78, 5) is 23.9. The highest BCUT2D eigenvalue weighted by molar-refractivity contribution is 5.88. The van der Waals surface area contributed by atoms with Crippen LogP contribution in [-0.4, -0.2) is 40.4 Å². The predicted molar refractivity (Wildman–Crippen MR) is 47.1 cm³/mol. The van der Waals surface area contributed by atoms with Crippen LogP contribution in [0.1, 0.15) is 26.7 Å². The van der Waals surface area contributed by atoms with E-state index in [0.717, 1.165) is 0 Å². The largest absolute Gasteiger partial charge is 0.391 e. The van der Waals surface area contributed by atoms with E-state index < -0.39 is 12.1 Å². The molecule has 1 fully saturated rings. The number of likely N-dealkylation sites (tertiary alicyclic amines) is 1. The lowest BCUT2D eigenvalue weighted by molar-refractivity contribution is -0.136. The standard InChI is InChI=1S/C9H15NO3/c1-3-9(13)10-5-7(12)4-8(10)6(2)11/h7-8,12H,3-5H2,1-2H3. The molecule has 4 nitrogen and oxygen atoms in total. The molecule has 0 saturated carbocycles. The summed E-state index contributed by atoms with van der Waals surface area (Å²) >= 11 is 0. The molecule has 2 unspecified atom stereocenters. The second-order valence-corrected chi connectivity index (χ2v) is 3.42. The van der Waals surface area contributed by atoms with Crippen LogP contribution in [0.5, 0.6) is 0 Å². The van der Waals surface area contributed by atoms with Crippen molar-refractivity contribution >= 4 is 11.7 Å². The van der Waals surface area contributed by atoms with E-state index in [1.165, 1.54) is 11.8 Å². The number of aliphatic hydroxyl groups excluding tert-OH is 1. The summed E-state index contributed by atoms with van der Waals surface area (Å²) < 4.78 is 0. The van der Waals surface area contributed by atoms with Crippen LogP contribution in [0, 0.1) is 0 Å². The Kier molecular flexibility index (Phi) is 3.03. The van der Waals surface area contributed by atoms with Gasteiger partial charge in [0.2, 0.25) is 5.91 Å². The molecule has 74 valence electrons. The van der Waals surface area contributed by atoms with Gasteiger partial charge in [-0.05, 0) is 6.92 Å². The molecule has 1 aliphatic rings. The van der Waals surface area contributed by atoms with Crippen molar-refractivity contribution in [2.45, 2.75) is 38.8 Å². The van der Waals surface area contributed by atoms with Gasteiger partial charge in [-0.2, -0.15) is 0 Å². The number of hydrogen-bond acceptors (Lipinski definition) is 3. The molecular formula is C9H15NO3. The fourth-order valence-corrected chi connectivity index (χ4v) is 1.68. The van der Waals surface area contributed by atoms with Crippen molar-refractivity contribution in [3.05, 3.63) is 0 Å². The van der Waals surface area contributed by atoms with E-state index in [4.69, 9.17) is 0 Å². The number of aliphatic hydroxyl groups is 1. The minimum Gasteiger partial charge on any atom is -0.391 e. The van der Waals surface area contributed by atoms with Crippen LogP contribution >= 0.6 is 0 Å². The number of ketones is 1. The SMILES string of the molecule is CCC(=O)N1CC(O)CC1C(C)=O. The van der Waals surface area contributed by atoms with Gasteiger partial charge >= 0.3 is 0 Å². The van der Waals surface area contributed by atoms with Gasteiger partial charge < -0.3 is 10.0 Å². The fourth-order valence-electron chi connectivity index (χ4n) is 1.68. The van der Waals surface area contributed by atoms with Crippen LogP contribution in [0.3, 0.4) is 0 Å². The lowest BCUT2D eigenvalue weighted by atomic mass is 10.1. The summed E-state index contributed by atoms with van der Waals surface area (Å²) in [6, 6.07) is -0.401. The summed E-state index contributed by atoms with van der Waals surface area (Å²) in [6.07, 6.45) is 0.238. The number of Topliss-reactive ketones (excluding diaryl/α,β-unsaturated/α-hetero) is 1. The molecule has 1 aliphatic heterocycles. The second kappa shape index (κ2) is 3.87. The molecule has 1 amide bonds. The summed E-state index contributed by atoms with van der Waals surface area (Å²) in [7, 11) is 0. The first kappa shape index (κ1) is 10.2. The lowest BCUT2D eigenvalue weighted by Crippen LogP contribution is -2.39. The van der Waals surface area contributed by atoms with Crippen LogP contribution in [0.15, 0.2) is 0 Å². The molecule has 0 radical (unpaired) electrons. The van der Waals surface area contributed by atoms with Gasteiger partial charge in [0.05, 0.1) is 12.1 Å². The van der Waals surface area contributed by atoms with E-state index in [0.29, 0.717) is 19.4 Å². The number of hydrogen-bond donors (Lipinski definition) is 1. The molecule has 0 aliphatic carbocycles. The van der Waals surface area contributed by atoms with E-state index >= 15 is 0 Å². The van der Waals surface area contributed by atoms with E-state index in [9.17, 15) is 14.7 Å². The molecule has 4 heteroatoms. The monoisotopic (exact) mass is 185 g/mol. The van der Waals surface area contributed by atoms with Crippen molar-refractivity contribution in [1.82, 2.24) is 4.90 Å². The summed E-state index contributed by atoms with van der Waals surface area (Å²) in [6.45, 7) is 3.51. The van der Waals surface area contributed by atoms with Crippen molar-refractivity contribution in [2.75, 3.05) is 6.54 Å². The highest BCUT2D eigenvalue weighted by atomic mass is 16.3. The highest BCUT2D eigenvalue weighted by Crippen LogP contribution is 2.19. The number of nitrogens with zero attached hydrogens (tertiary/aromatic N) is 1. The third kappa shape index (κ3) is 2.06. The topological polar surface area (TPSA) is 57.6 Å².